The lowest BCUT2D eigenvalue weighted by molar-refractivity contribution is 0.410. The lowest BCUT2D eigenvalue weighted by atomic mass is 9.99. The van der Waals surface area contributed by atoms with E-state index < -0.39 is 0 Å². The van der Waals surface area contributed by atoms with E-state index >= 15 is 0 Å². The predicted molar refractivity (Wildman–Crippen MR) is 60.9 cm³/mol. The average molecular weight is 192 g/mol. The minimum absolute atomic E-state index is 0.764. The number of hydrogen-bond donors (Lipinski definition) is 0. The highest BCUT2D eigenvalue weighted by Gasteiger charge is 2.04. The fourth-order valence-electron chi connectivity index (χ4n) is 1.60. The zero-order valence-electron chi connectivity index (χ0n) is 9.63. The maximum absolute atomic E-state index is 5.29. The van der Waals surface area contributed by atoms with Crippen molar-refractivity contribution in [1.82, 2.24) is 0 Å². The number of benzene rings is 1. The van der Waals surface area contributed by atoms with Gasteiger partial charge in [0.25, 0.3) is 0 Å². The standard InChI is InChI=1S/C13H20O/c1-10(2)8-9-12-6-5-7-13(14-4)11(12)3/h5-7,10H,8-9H2,1-4H3. The minimum Gasteiger partial charge on any atom is -0.496 e. The number of aryl methyl sites for hydroxylation is 1. The fraction of sp³-hybridized carbons (Fsp3) is 0.538. The van der Waals surface area contributed by atoms with E-state index in [2.05, 4.69) is 32.9 Å². The molecule has 1 aromatic rings. The van der Waals surface area contributed by atoms with Crippen molar-refractivity contribution in [3.05, 3.63) is 29.3 Å². The van der Waals surface area contributed by atoms with Gasteiger partial charge >= 0.3 is 0 Å². The van der Waals surface area contributed by atoms with Crippen molar-refractivity contribution in [2.24, 2.45) is 5.92 Å². The number of hydrogen-bond acceptors (Lipinski definition) is 1. The molecule has 0 heterocycles. The van der Waals surface area contributed by atoms with E-state index in [1.54, 1.807) is 7.11 Å². The van der Waals surface area contributed by atoms with Crippen LogP contribution in [0.4, 0.5) is 0 Å². The molecule has 0 aliphatic rings. The molecule has 0 atom stereocenters. The normalized spacial score (nSPS) is 10.6. The topological polar surface area (TPSA) is 9.23 Å². The van der Waals surface area contributed by atoms with Crippen molar-refractivity contribution in [2.75, 3.05) is 7.11 Å². The highest BCUT2D eigenvalue weighted by atomic mass is 16.5. The third-order valence-corrected chi connectivity index (χ3v) is 2.61. The lowest BCUT2D eigenvalue weighted by Crippen LogP contribution is -1.96. The molecule has 1 rings (SSSR count). The van der Waals surface area contributed by atoms with Gasteiger partial charge in [-0.05, 0) is 42.9 Å². The largest absolute Gasteiger partial charge is 0.496 e. The molecule has 0 aliphatic heterocycles. The Morgan fingerprint density at radius 3 is 2.57 bits per heavy atom. The van der Waals surface area contributed by atoms with Crippen molar-refractivity contribution in [3.8, 4) is 5.75 Å². The highest BCUT2D eigenvalue weighted by molar-refractivity contribution is 5.39. The van der Waals surface area contributed by atoms with Crippen LogP contribution in [0.5, 0.6) is 5.75 Å². The summed E-state index contributed by atoms with van der Waals surface area (Å²) in [6, 6.07) is 6.29. The summed E-state index contributed by atoms with van der Waals surface area (Å²) in [5, 5.41) is 0. The zero-order chi connectivity index (χ0) is 10.6. The summed E-state index contributed by atoms with van der Waals surface area (Å²) < 4.78 is 5.29. The van der Waals surface area contributed by atoms with Crippen LogP contribution in [0.25, 0.3) is 0 Å². The first kappa shape index (κ1) is 11.1. The van der Waals surface area contributed by atoms with Crippen molar-refractivity contribution in [2.45, 2.75) is 33.6 Å². The second-order valence-corrected chi connectivity index (χ2v) is 4.18. The third-order valence-electron chi connectivity index (χ3n) is 2.61. The van der Waals surface area contributed by atoms with E-state index in [-0.39, 0.29) is 0 Å². The maximum atomic E-state index is 5.29. The van der Waals surface area contributed by atoms with E-state index in [0.717, 1.165) is 18.1 Å². The molecule has 0 saturated heterocycles. The Hall–Kier alpha value is -0.980. The number of methoxy groups -OCH3 is 1. The van der Waals surface area contributed by atoms with Crippen LogP contribution in [0.3, 0.4) is 0 Å². The molecule has 0 bridgehead atoms. The van der Waals surface area contributed by atoms with Gasteiger partial charge in [0.05, 0.1) is 7.11 Å². The van der Waals surface area contributed by atoms with Crippen LogP contribution in [0.15, 0.2) is 18.2 Å². The molecule has 0 amide bonds. The van der Waals surface area contributed by atoms with E-state index in [1.807, 2.05) is 6.07 Å². The van der Waals surface area contributed by atoms with Gasteiger partial charge in [-0.1, -0.05) is 26.0 Å². The van der Waals surface area contributed by atoms with E-state index in [9.17, 15) is 0 Å². The molecule has 1 heteroatoms. The smallest absolute Gasteiger partial charge is 0.122 e. The minimum atomic E-state index is 0.764. The van der Waals surface area contributed by atoms with Gasteiger partial charge in [-0.3, -0.25) is 0 Å². The van der Waals surface area contributed by atoms with Gasteiger partial charge in [0.2, 0.25) is 0 Å². The molecule has 0 radical (unpaired) electrons. The monoisotopic (exact) mass is 192 g/mol. The quantitative estimate of drug-likeness (QED) is 0.708. The van der Waals surface area contributed by atoms with Crippen LogP contribution in [0.1, 0.15) is 31.4 Å². The van der Waals surface area contributed by atoms with Crippen LogP contribution in [-0.4, -0.2) is 7.11 Å². The molecule has 0 N–H and O–H groups in total. The summed E-state index contributed by atoms with van der Waals surface area (Å²) in [6.45, 7) is 6.65. The summed E-state index contributed by atoms with van der Waals surface area (Å²) in [6.07, 6.45) is 2.40. The number of ether oxygens (including phenoxy) is 1. The third kappa shape index (κ3) is 2.76. The Bertz CT molecular complexity index is 289. The van der Waals surface area contributed by atoms with Crippen molar-refractivity contribution < 1.29 is 4.74 Å². The Morgan fingerprint density at radius 1 is 1.29 bits per heavy atom. The Labute approximate surface area is 87.1 Å². The van der Waals surface area contributed by atoms with Gasteiger partial charge in [-0.15, -0.1) is 0 Å². The van der Waals surface area contributed by atoms with Crippen LogP contribution >= 0.6 is 0 Å². The Balaban J connectivity index is 2.76. The molecule has 0 unspecified atom stereocenters. The molecule has 1 nitrogen and oxygen atoms in total. The first-order chi connectivity index (χ1) is 6.65. The van der Waals surface area contributed by atoms with Crippen molar-refractivity contribution in [3.63, 3.8) is 0 Å². The molecule has 0 spiro atoms. The van der Waals surface area contributed by atoms with Gasteiger partial charge in [-0.2, -0.15) is 0 Å². The number of rotatable bonds is 4. The molecular weight excluding hydrogens is 172 g/mol. The van der Waals surface area contributed by atoms with Gasteiger partial charge in [-0.25, -0.2) is 0 Å². The van der Waals surface area contributed by atoms with E-state index in [1.165, 1.54) is 17.5 Å². The van der Waals surface area contributed by atoms with Gasteiger partial charge in [0, 0.05) is 0 Å². The molecule has 0 fully saturated rings. The molecular formula is C13H20O. The predicted octanol–water partition coefficient (Wildman–Crippen LogP) is 3.59. The first-order valence-electron chi connectivity index (χ1n) is 5.27. The molecule has 0 aromatic heterocycles. The summed E-state index contributed by atoms with van der Waals surface area (Å²) in [7, 11) is 1.73. The lowest BCUT2D eigenvalue weighted by Gasteiger charge is -2.11. The second-order valence-electron chi connectivity index (χ2n) is 4.18. The summed E-state index contributed by atoms with van der Waals surface area (Å²) >= 11 is 0. The Morgan fingerprint density at radius 2 is 2.00 bits per heavy atom. The fourth-order valence-corrected chi connectivity index (χ4v) is 1.60. The van der Waals surface area contributed by atoms with Gasteiger partial charge in [0.1, 0.15) is 5.75 Å². The summed E-state index contributed by atoms with van der Waals surface area (Å²) in [5.41, 5.74) is 2.70. The summed E-state index contributed by atoms with van der Waals surface area (Å²) in [4.78, 5) is 0. The van der Waals surface area contributed by atoms with Crippen molar-refractivity contribution in [1.29, 1.82) is 0 Å². The molecule has 0 aliphatic carbocycles. The van der Waals surface area contributed by atoms with Crippen molar-refractivity contribution >= 4 is 0 Å². The van der Waals surface area contributed by atoms with Crippen LogP contribution in [0.2, 0.25) is 0 Å². The average Bonchev–Trinajstić information content (AvgIpc) is 2.16. The SMILES string of the molecule is COc1cccc(CCC(C)C)c1C. The zero-order valence-corrected chi connectivity index (χ0v) is 9.63. The Kier molecular flexibility index (Phi) is 3.99. The molecule has 78 valence electrons. The maximum Gasteiger partial charge on any atom is 0.122 e. The van der Waals surface area contributed by atoms with Crippen LogP contribution in [0, 0.1) is 12.8 Å². The van der Waals surface area contributed by atoms with Crippen LogP contribution < -0.4 is 4.74 Å². The first-order valence-corrected chi connectivity index (χ1v) is 5.27. The van der Waals surface area contributed by atoms with Gasteiger partial charge in [0.15, 0.2) is 0 Å². The highest BCUT2D eigenvalue weighted by Crippen LogP contribution is 2.22. The van der Waals surface area contributed by atoms with Gasteiger partial charge < -0.3 is 4.74 Å². The molecule has 14 heavy (non-hydrogen) atoms. The summed E-state index contributed by atoms with van der Waals surface area (Å²) in [5.74, 6) is 1.77. The van der Waals surface area contributed by atoms with Crippen LogP contribution in [-0.2, 0) is 6.42 Å². The van der Waals surface area contributed by atoms with E-state index in [4.69, 9.17) is 4.74 Å². The molecule has 1 aromatic carbocycles. The second kappa shape index (κ2) is 5.04. The molecule has 0 saturated carbocycles. The van der Waals surface area contributed by atoms with E-state index in [0.29, 0.717) is 0 Å².